The smallest absolute Gasteiger partial charge is 0.237 e. The second kappa shape index (κ2) is 5.98. The molecule has 0 bridgehead atoms. The standard InChI is InChI=1S/C14H22N4O2S/c1-9(2)12-17-10(21-18-12)7-15-11-13(19)16-8-14(11)3-5-20-6-4-14/h9,11,15H,3-8H2,1-2H3,(H,16,19). The normalized spacial score (nSPS) is 24.7. The first-order chi connectivity index (χ1) is 10.1. The molecule has 7 heteroatoms. The molecule has 3 rings (SSSR count). The fourth-order valence-corrected chi connectivity index (χ4v) is 3.79. The van der Waals surface area contributed by atoms with Gasteiger partial charge in [0.1, 0.15) is 10.8 Å². The van der Waals surface area contributed by atoms with Gasteiger partial charge in [-0.25, -0.2) is 4.98 Å². The molecule has 0 aromatic carbocycles. The summed E-state index contributed by atoms with van der Waals surface area (Å²) in [7, 11) is 0. The molecule has 0 radical (unpaired) electrons. The molecule has 1 aromatic rings. The number of rotatable bonds is 4. The van der Waals surface area contributed by atoms with Crippen molar-refractivity contribution in [2.45, 2.75) is 45.2 Å². The maximum absolute atomic E-state index is 12.1. The minimum absolute atomic E-state index is 0.000892. The number of carbonyl (C=O) groups is 1. The average molecular weight is 310 g/mol. The predicted octanol–water partition coefficient (Wildman–Crippen LogP) is 1.05. The molecule has 2 fully saturated rings. The van der Waals surface area contributed by atoms with Crippen molar-refractivity contribution in [1.29, 1.82) is 0 Å². The number of hydrogen-bond donors (Lipinski definition) is 2. The van der Waals surface area contributed by atoms with Crippen molar-refractivity contribution in [3.05, 3.63) is 10.8 Å². The van der Waals surface area contributed by atoms with E-state index in [9.17, 15) is 4.79 Å². The van der Waals surface area contributed by atoms with E-state index < -0.39 is 0 Å². The zero-order valence-corrected chi connectivity index (χ0v) is 13.3. The molecule has 2 aliphatic heterocycles. The highest BCUT2D eigenvalue weighted by atomic mass is 32.1. The van der Waals surface area contributed by atoms with Crippen LogP contribution in [-0.4, -0.2) is 41.1 Å². The second-order valence-electron chi connectivity index (χ2n) is 6.21. The van der Waals surface area contributed by atoms with Crippen LogP contribution in [0.25, 0.3) is 0 Å². The minimum Gasteiger partial charge on any atom is -0.381 e. The molecule has 116 valence electrons. The average Bonchev–Trinajstić information content (AvgIpc) is 3.05. The van der Waals surface area contributed by atoms with E-state index in [1.807, 2.05) is 0 Å². The first-order valence-corrected chi connectivity index (χ1v) is 8.29. The summed E-state index contributed by atoms with van der Waals surface area (Å²) in [5, 5.41) is 7.35. The molecule has 1 atom stereocenters. The van der Waals surface area contributed by atoms with Crippen molar-refractivity contribution in [2.24, 2.45) is 5.41 Å². The Morgan fingerprint density at radius 3 is 2.90 bits per heavy atom. The van der Waals surface area contributed by atoms with E-state index in [1.54, 1.807) is 0 Å². The van der Waals surface area contributed by atoms with Crippen molar-refractivity contribution in [1.82, 2.24) is 20.0 Å². The molecule has 1 aromatic heterocycles. The Hall–Kier alpha value is -1.05. The lowest BCUT2D eigenvalue weighted by molar-refractivity contribution is -0.122. The monoisotopic (exact) mass is 310 g/mol. The Balaban J connectivity index is 1.65. The van der Waals surface area contributed by atoms with Crippen LogP contribution in [0.1, 0.15) is 43.4 Å². The quantitative estimate of drug-likeness (QED) is 0.869. The Morgan fingerprint density at radius 2 is 2.24 bits per heavy atom. The molecular weight excluding hydrogens is 288 g/mol. The second-order valence-corrected chi connectivity index (χ2v) is 7.04. The summed E-state index contributed by atoms with van der Waals surface area (Å²) >= 11 is 1.42. The van der Waals surface area contributed by atoms with E-state index in [0.29, 0.717) is 12.5 Å². The van der Waals surface area contributed by atoms with Crippen molar-refractivity contribution in [3.63, 3.8) is 0 Å². The summed E-state index contributed by atoms with van der Waals surface area (Å²) in [6, 6.07) is -0.146. The van der Waals surface area contributed by atoms with Gasteiger partial charge in [-0.05, 0) is 24.4 Å². The molecule has 0 aliphatic carbocycles. The molecule has 21 heavy (non-hydrogen) atoms. The van der Waals surface area contributed by atoms with Gasteiger partial charge < -0.3 is 10.1 Å². The van der Waals surface area contributed by atoms with E-state index in [4.69, 9.17) is 4.74 Å². The van der Waals surface area contributed by atoms with Gasteiger partial charge in [0.2, 0.25) is 5.91 Å². The first kappa shape index (κ1) is 14.9. The molecule has 1 spiro atoms. The highest BCUT2D eigenvalue weighted by molar-refractivity contribution is 7.05. The Kier molecular flexibility index (Phi) is 4.24. The Bertz CT molecular complexity index is 511. The van der Waals surface area contributed by atoms with Gasteiger partial charge in [-0.2, -0.15) is 4.37 Å². The zero-order valence-electron chi connectivity index (χ0n) is 12.5. The van der Waals surface area contributed by atoms with Crippen LogP contribution in [-0.2, 0) is 16.1 Å². The van der Waals surface area contributed by atoms with Gasteiger partial charge in [-0.15, -0.1) is 0 Å². The van der Waals surface area contributed by atoms with Crippen LogP contribution in [0.15, 0.2) is 0 Å². The van der Waals surface area contributed by atoms with Crippen molar-refractivity contribution < 1.29 is 9.53 Å². The summed E-state index contributed by atoms with van der Waals surface area (Å²) in [5.41, 5.74) is 0.000892. The van der Waals surface area contributed by atoms with Crippen LogP contribution in [0.4, 0.5) is 0 Å². The van der Waals surface area contributed by atoms with Crippen LogP contribution in [0.3, 0.4) is 0 Å². The third kappa shape index (κ3) is 2.95. The molecule has 1 amide bonds. The molecular formula is C14H22N4O2S. The lowest BCUT2D eigenvalue weighted by Crippen LogP contribution is -2.49. The zero-order chi connectivity index (χ0) is 14.9. The predicted molar refractivity (Wildman–Crippen MR) is 80.1 cm³/mol. The van der Waals surface area contributed by atoms with Crippen molar-refractivity contribution >= 4 is 17.4 Å². The fourth-order valence-electron chi connectivity index (χ4n) is 3.06. The summed E-state index contributed by atoms with van der Waals surface area (Å²) in [6.45, 7) is 7.00. The maximum Gasteiger partial charge on any atom is 0.237 e. The maximum atomic E-state index is 12.1. The SMILES string of the molecule is CC(C)c1nsc(CNC2C(=O)NCC23CCOCC3)n1. The Labute approximate surface area is 128 Å². The number of nitrogens with one attached hydrogen (secondary N) is 2. The van der Waals surface area contributed by atoms with E-state index in [2.05, 4.69) is 33.8 Å². The highest BCUT2D eigenvalue weighted by Gasteiger charge is 2.48. The summed E-state index contributed by atoms with van der Waals surface area (Å²) in [6.07, 6.45) is 1.85. The Morgan fingerprint density at radius 1 is 1.48 bits per heavy atom. The molecule has 0 saturated carbocycles. The van der Waals surface area contributed by atoms with Crippen LogP contribution in [0, 0.1) is 5.41 Å². The van der Waals surface area contributed by atoms with Crippen molar-refractivity contribution in [3.8, 4) is 0 Å². The van der Waals surface area contributed by atoms with Gasteiger partial charge in [-0.1, -0.05) is 13.8 Å². The minimum atomic E-state index is -0.146. The molecule has 1 unspecified atom stereocenters. The highest BCUT2D eigenvalue weighted by Crippen LogP contribution is 2.37. The largest absolute Gasteiger partial charge is 0.381 e. The summed E-state index contributed by atoms with van der Waals surface area (Å²) < 4.78 is 9.80. The van der Waals surface area contributed by atoms with E-state index in [-0.39, 0.29) is 17.4 Å². The number of ether oxygens (including phenoxy) is 1. The summed E-state index contributed by atoms with van der Waals surface area (Å²) in [4.78, 5) is 16.7. The van der Waals surface area contributed by atoms with Gasteiger partial charge in [0.25, 0.3) is 0 Å². The first-order valence-electron chi connectivity index (χ1n) is 7.52. The topological polar surface area (TPSA) is 76.1 Å². The van der Waals surface area contributed by atoms with Gasteiger partial charge in [0.05, 0.1) is 12.6 Å². The van der Waals surface area contributed by atoms with Gasteiger partial charge in [0, 0.05) is 31.1 Å². The third-order valence-electron chi connectivity index (χ3n) is 4.44. The lowest BCUT2D eigenvalue weighted by atomic mass is 9.76. The van der Waals surface area contributed by atoms with Crippen LogP contribution < -0.4 is 10.6 Å². The number of carbonyl (C=O) groups excluding carboxylic acids is 1. The van der Waals surface area contributed by atoms with Gasteiger partial charge in [-0.3, -0.25) is 10.1 Å². The van der Waals surface area contributed by atoms with E-state index in [0.717, 1.165) is 43.4 Å². The number of aromatic nitrogens is 2. The van der Waals surface area contributed by atoms with Crippen LogP contribution in [0.5, 0.6) is 0 Å². The lowest BCUT2D eigenvalue weighted by Gasteiger charge is -2.36. The molecule has 2 saturated heterocycles. The molecule has 3 heterocycles. The van der Waals surface area contributed by atoms with Gasteiger partial charge >= 0.3 is 0 Å². The molecule has 2 aliphatic rings. The van der Waals surface area contributed by atoms with Crippen molar-refractivity contribution in [2.75, 3.05) is 19.8 Å². The molecule has 2 N–H and O–H groups in total. The fraction of sp³-hybridized carbons (Fsp3) is 0.786. The van der Waals surface area contributed by atoms with Crippen LogP contribution in [0.2, 0.25) is 0 Å². The van der Waals surface area contributed by atoms with E-state index >= 15 is 0 Å². The number of hydrogen-bond acceptors (Lipinski definition) is 6. The number of nitrogens with zero attached hydrogens (tertiary/aromatic N) is 2. The van der Waals surface area contributed by atoms with Crippen LogP contribution >= 0.6 is 11.5 Å². The van der Waals surface area contributed by atoms with Gasteiger partial charge in [0.15, 0.2) is 0 Å². The molecule has 6 nitrogen and oxygen atoms in total. The third-order valence-corrected chi connectivity index (χ3v) is 5.16. The number of amides is 1. The summed E-state index contributed by atoms with van der Waals surface area (Å²) in [5.74, 6) is 1.32. The van der Waals surface area contributed by atoms with E-state index in [1.165, 1.54) is 11.5 Å².